The highest BCUT2D eigenvalue weighted by Gasteiger charge is 2.06. The molecule has 1 aromatic heterocycles. The largest absolute Gasteiger partial charge is 0.479 e. The molecule has 0 saturated heterocycles. The number of benzene rings is 1. The monoisotopic (exact) mass is 301 g/mol. The van der Waals surface area contributed by atoms with Gasteiger partial charge < -0.3 is 15.2 Å². The van der Waals surface area contributed by atoms with Crippen LogP contribution in [0.2, 0.25) is 0 Å². The first-order chi connectivity index (χ1) is 10.7. The molecule has 0 saturated carbocycles. The van der Waals surface area contributed by atoms with Crippen LogP contribution in [0, 0.1) is 0 Å². The Morgan fingerprint density at radius 2 is 2.05 bits per heavy atom. The average molecular weight is 301 g/mol. The zero-order valence-corrected chi connectivity index (χ0v) is 12.5. The number of hydrogen-bond donors (Lipinski definition) is 2. The van der Waals surface area contributed by atoms with Crippen LogP contribution in [0.3, 0.4) is 0 Å². The molecule has 6 nitrogen and oxygen atoms in total. The number of ether oxygens (including phenoxy) is 1. The molecule has 0 aliphatic carbocycles. The minimum Gasteiger partial charge on any atom is -0.479 e. The first-order valence-electron chi connectivity index (χ1n) is 7.17. The SMILES string of the molecule is CCc1cc(OCC(=O)O)nc(NCCc2ccccc2)n1. The van der Waals surface area contributed by atoms with Gasteiger partial charge in [-0.25, -0.2) is 9.78 Å². The Morgan fingerprint density at radius 3 is 2.73 bits per heavy atom. The number of anilines is 1. The number of aromatic nitrogens is 2. The number of carboxylic acids is 1. The molecule has 22 heavy (non-hydrogen) atoms. The van der Waals surface area contributed by atoms with E-state index in [1.54, 1.807) is 6.07 Å². The van der Waals surface area contributed by atoms with E-state index in [2.05, 4.69) is 27.4 Å². The number of rotatable bonds is 8. The van der Waals surface area contributed by atoms with Crippen molar-refractivity contribution in [2.75, 3.05) is 18.5 Å². The molecule has 0 atom stereocenters. The number of carbonyl (C=O) groups is 1. The van der Waals surface area contributed by atoms with Gasteiger partial charge in [-0.1, -0.05) is 37.3 Å². The summed E-state index contributed by atoms with van der Waals surface area (Å²) >= 11 is 0. The fourth-order valence-electron chi connectivity index (χ4n) is 1.91. The lowest BCUT2D eigenvalue weighted by atomic mass is 10.1. The number of nitrogens with one attached hydrogen (secondary N) is 1. The molecule has 1 aromatic carbocycles. The van der Waals surface area contributed by atoms with Crippen molar-refractivity contribution in [1.29, 1.82) is 0 Å². The van der Waals surface area contributed by atoms with Crippen LogP contribution in [-0.2, 0) is 17.6 Å². The first kappa shape index (κ1) is 15.8. The molecule has 0 spiro atoms. The van der Waals surface area contributed by atoms with Crippen LogP contribution in [0.1, 0.15) is 18.2 Å². The summed E-state index contributed by atoms with van der Waals surface area (Å²) in [6.45, 7) is 2.25. The normalized spacial score (nSPS) is 10.2. The summed E-state index contributed by atoms with van der Waals surface area (Å²) in [7, 11) is 0. The predicted molar refractivity (Wildman–Crippen MR) is 83.2 cm³/mol. The molecule has 0 aliphatic heterocycles. The molecule has 0 bridgehead atoms. The van der Waals surface area contributed by atoms with Crippen molar-refractivity contribution in [2.24, 2.45) is 0 Å². The molecule has 2 rings (SSSR count). The molecule has 0 radical (unpaired) electrons. The predicted octanol–water partition coefficient (Wildman–Crippen LogP) is 2.16. The maximum Gasteiger partial charge on any atom is 0.341 e. The number of aryl methyl sites for hydroxylation is 1. The Bertz CT molecular complexity index is 617. The van der Waals surface area contributed by atoms with Crippen LogP contribution in [0.4, 0.5) is 5.95 Å². The van der Waals surface area contributed by atoms with Crippen molar-refractivity contribution in [3.8, 4) is 5.88 Å². The molecule has 0 aliphatic rings. The Kier molecular flexibility index (Phi) is 5.71. The molecule has 116 valence electrons. The molecule has 0 amide bonds. The molecule has 2 aromatic rings. The van der Waals surface area contributed by atoms with E-state index in [1.165, 1.54) is 5.56 Å². The first-order valence-corrected chi connectivity index (χ1v) is 7.17. The van der Waals surface area contributed by atoms with Gasteiger partial charge >= 0.3 is 5.97 Å². The average Bonchev–Trinajstić information content (AvgIpc) is 2.54. The van der Waals surface area contributed by atoms with Crippen LogP contribution >= 0.6 is 0 Å². The van der Waals surface area contributed by atoms with Crippen molar-refractivity contribution in [2.45, 2.75) is 19.8 Å². The fraction of sp³-hybridized carbons (Fsp3) is 0.312. The Hall–Kier alpha value is -2.63. The zero-order valence-electron chi connectivity index (χ0n) is 12.5. The smallest absolute Gasteiger partial charge is 0.341 e. The van der Waals surface area contributed by atoms with E-state index < -0.39 is 12.6 Å². The summed E-state index contributed by atoms with van der Waals surface area (Å²) in [5.74, 6) is -0.303. The van der Waals surface area contributed by atoms with Gasteiger partial charge in [-0.15, -0.1) is 0 Å². The summed E-state index contributed by atoms with van der Waals surface area (Å²) in [4.78, 5) is 19.1. The highest BCUT2D eigenvalue weighted by Crippen LogP contribution is 2.13. The molecule has 0 unspecified atom stereocenters. The van der Waals surface area contributed by atoms with E-state index in [9.17, 15) is 4.79 Å². The summed E-state index contributed by atoms with van der Waals surface area (Å²) in [6, 6.07) is 11.8. The summed E-state index contributed by atoms with van der Waals surface area (Å²) in [6.07, 6.45) is 1.57. The van der Waals surface area contributed by atoms with E-state index in [0.29, 0.717) is 12.5 Å². The number of hydrogen-bond acceptors (Lipinski definition) is 5. The van der Waals surface area contributed by atoms with Crippen LogP contribution in [0.5, 0.6) is 5.88 Å². The minimum atomic E-state index is -1.03. The van der Waals surface area contributed by atoms with Crippen LogP contribution in [0.25, 0.3) is 0 Å². The van der Waals surface area contributed by atoms with Gasteiger partial charge in [0.2, 0.25) is 11.8 Å². The van der Waals surface area contributed by atoms with Crippen LogP contribution in [0.15, 0.2) is 36.4 Å². The highest BCUT2D eigenvalue weighted by molar-refractivity contribution is 5.68. The lowest BCUT2D eigenvalue weighted by Gasteiger charge is -2.09. The molecular formula is C16H19N3O3. The van der Waals surface area contributed by atoms with Gasteiger partial charge in [0.15, 0.2) is 6.61 Å². The highest BCUT2D eigenvalue weighted by atomic mass is 16.5. The third kappa shape index (κ3) is 5.05. The molecule has 2 N–H and O–H groups in total. The number of nitrogens with zero attached hydrogens (tertiary/aromatic N) is 2. The second kappa shape index (κ2) is 7.97. The lowest BCUT2D eigenvalue weighted by molar-refractivity contribution is -0.139. The van der Waals surface area contributed by atoms with Crippen LogP contribution in [-0.4, -0.2) is 34.2 Å². The van der Waals surface area contributed by atoms with Gasteiger partial charge in [0.05, 0.1) is 0 Å². The van der Waals surface area contributed by atoms with E-state index in [0.717, 1.165) is 18.5 Å². The third-order valence-electron chi connectivity index (χ3n) is 3.00. The maximum atomic E-state index is 10.6. The van der Waals surface area contributed by atoms with Gasteiger partial charge in [-0.2, -0.15) is 4.98 Å². The van der Waals surface area contributed by atoms with Crippen molar-refractivity contribution >= 4 is 11.9 Å². The molecule has 6 heteroatoms. The second-order valence-electron chi connectivity index (χ2n) is 4.72. The van der Waals surface area contributed by atoms with Crippen LogP contribution < -0.4 is 10.1 Å². The van der Waals surface area contributed by atoms with Crippen molar-refractivity contribution < 1.29 is 14.6 Å². The van der Waals surface area contributed by atoms with Crippen molar-refractivity contribution in [1.82, 2.24) is 9.97 Å². The maximum absolute atomic E-state index is 10.6. The van der Waals surface area contributed by atoms with Gasteiger partial charge in [-0.05, 0) is 18.4 Å². The van der Waals surface area contributed by atoms with E-state index in [1.807, 2.05) is 25.1 Å². The number of carboxylic acid groups (broad SMARTS) is 1. The Labute approximate surface area is 129 Å². The Morgan fingerprint density at radius 1 is 1.27 bits per heavy atom. The third-order valence-corrected chi connectivity index (χ3v) is 3.00. The van der Waals surface area contributed by atoms with E-state index >= 15 is 0 Å². The molecule has 0 fully saturated rings. The standard InChI is InChI=1S/C16H19N3O3/c1-2-13-10-14(22-11-15(20)21)19-16(18-13)17-9-8-12-6-4-3-5-7-12/h3-7,10H,2,8-9,11H2,1H3,(H,20,21)(H,17,18,19). The topological polar surface area (TPSA) is 84.3 Å². The van der Waals surface area contributed by atoms with Gasteiger partial charge in [0, 0.05) is 18.3 Å². The number of aliphatic carboxylic acids is 1. The van der Waals surface area contributed by atoms with E-state index in [4.69, 9.17) is 9.84 Å². The quantitative estimate of drug-likeness (QED) is 0.777. The minimum absolute atomic E-state index is 0.275. The van der Waals surface area contributed by atoms with Crippen molar-refractivity contribution in [3.05, 3.63) is 47.7 Å². The van der Waals surface area contributed by atoms with Gasteiger partial charge in [0.1, 0.15) is 0 Å². The Balaban J connectivity index is 1.96. The molecular weight excluding hydrogens is 282 g/mol. The molecule has 1 heterocycles. The van der Waals surface area contributed by atoms with Gasteiger partial charge in [-0.3, -0.25) is 0 Å². The zero-order chi connectivity index (χ0) is 15.8. The fourth-order valence-corrected chi connectivity index (χ4v) is 1.91. The summed E-state index contributed by atoms with van der Waals surface area (Å²) < 4.78 is 5.12. The lowest BCUT2D eigenvalue weighted by Crippen LogP contribution is -2.13. The second-order valence-corrected chi connectivity index (χ2v) is 4.72. The summed E-state index contributed by atoms with van der Waals surface area (Å²) in [5.41, 5.74) is 2.03. The summed E-state index contributed by atoms with van der Waals surface area (Å²) in [5, 5.41) is 11.8. The van der Waals surface area contributed by atoms with Gasteiger partial charge in [0.25, 0.3) is 0 Å². The van der Waals surface area contributed by atoms with Crippen molar-refractivity contribution in [3.63, 3.8) is 0 Å². The van der Waals surface area contributed by atoms with E-state index in [-0.39, 0.29) is 5.88 Å².